The van der Waals surface area contributed by atoms with Crippen LogP contribution in [0.1, 0.15) is 32.1 Å². The summed E-state index contributed by atoms with van der Waals surface area (Å²) in [6.45, 7) is 0.711. The van der Waals surface area contributed by atoms with E-state index < -0.39 is 0 Å². The normalized spacial score (nSPS) is 15.6. The van der Waals surface area contributed by atoms with Crippen molar-refractivity contribution < 1.29 is 4.79 Å². The highest BCUT2D eigenvalue weighted by molar-refractivity contribution is 5.76. The van der Waals surface area contributed by atoms with Crippen LogP contribution in [0.3, 0.4) is 0 Å². The third-order valence-electron chi connectivity index (χ3n) is 2.85. The molecular weight excluding hydrogens is 202 g/mol. The Morgan fingerprint density at radius 3 is 3.12 bits per heavy atom. The molecular formula is C12H17N3O. The number of nitrogens with one attached hydrogen (secondary N) is 1. The van der Waals surface area contributed by atoms with E-state index in [4.69, 9.17) is 0 Å². The molecule has 0 bridgehead atoms. The summed E-state index contributed by atoms with van der Waals surface area (Å²) >= 11 is 0. The van der Waals surface area contributed by atoms with Gasteiger partial charge >= 0.3 is 6.03 Å². The summed E-state index contributed by atoms with van der Waals surface area (Å²) < 4.78 is 1.45. The zero-order chi connectivity index (χ0) is 11.2. The van der Waals surface area contributed by atoms with Crippen LogP contribution >= 0.6 is 0 Å². The highest BCUT2D eigenvalue weighted by atomic mass is 16.2. The van der Waals surface area contributed by atoms with Crippen molar-refractivity contribution in [2.75, 3.05) is 6.54 Å². The van der Waals surface area contributed by atoms with Gasteiger partial charge in [0.1, 0.15) is 6.33 Å². The van der Waals surface area contributed by atoms with Gasteiger partial charge in [-0.2, -0.15) is 0 Å². The van der Waals surface area contributed by atoms with Crippen LogP contribution in [0.2, 0.25) is 0 Å². The SMILES string of the molecule is O=C(NCCC1=CCCCC1)n1ccnc1. The topological polar surface area (TPSA) is 46.9 Å². The van der Waals surface area contributed by atoms with E-state index in [2.05, 4.69) is 16.4 Å². The van der Waals surface area contributed by atoms with Crippen molar-refractivity contribution in [3.63, 3.8) is 0 Å². The van der Waals surface area contributed by atoms with Gasteiger partial charge in [-0.15, -0.1) is 0 Å². The molecule has 1 aliphatic carbocycles. The first-order chi connectivity index (χ1) is 7.86. The summed E-state index contributed by atoms with van der Waals surface area (Å²) in [5, 5.41) is 2.88. The third kappa shape index (κ3) is 2.95. The van der Waals surface area contributed by atoms with Crippen LogP contribution in [-0.4, -0.2) is 22.1 Å². The zero-order valence-corrected chi connectivity index (χ0v) is 9.35. The molecule has 0 atom stereocenters. The molecule has 1 aromatic heterocycles. The van der Waals surface area contributed by atoms with Crippen LogP contribution in [0.15, 0.2) is 30.4 Å². The molecule has 1 heterocycles. The molecule has 1 N–H and O–H groups in total. The summed E-state index contributed by atoms with van der Waals surface area (Å²) in [7, 11) is 0. The minimum Gasteiger partial charge on any atom is -0.337 e. The lowest BCUT2D eigenvalue weighted by Crippen LogP contribution is -2.28. The molecule has 1 aromatic rings. The van der Waals surface area contributed by atoms with Crippen molar-refractivity contribution in [1.82, 2.24) is 14.9 Å². The molecule has 16 heavy (non-hydrogen) atoms. The summed E-state index contributed by atoms with van der Waals surface area (Å²) in [5.41, 5.74) is 1.48. The first kappa shape index (κ1) is 10.9. The van der Waals surface area contributed by atoms with Crippen LogP contribution in [0, 0.1) is 0 Å². The van der Waals surface area contributed by atoms with E-state index in [0.717, 1.165) is 6.42 Å². The highest BCUT2D eigenvalue weighted by Gasteiger charge is 2.05. The van der Waals surface area contributed by atoms with Gasteiger partial charge in [-0.1, -0.05) is 11.6 Å². The Bertz CT molecular complexity index is 368. The molecule has 0 saturated heterocycles. The quantitative estimate of drug-likeness (QED) is 0.793. The second-order valence-corrected chi connectivity index (χ2v) is 4.06. The van der Waals surface area contributed by atoms with Crippen LogP contribution in [0.25, 0.3) is 0 Å². The number of allylic oxidation sites excluding steroid dienone is 1. The van der Waals surface area contributed by atoms with E-state index in [0.29, 0.717) is 6.54 Å². The smallest absolute Gasteiger partial charge is 0.326 e. The molecule has 0 aliphatic heterocycles. The molecule has 1 aliphatic rings. The van der Waals surface area contributed by atoms with Crippen molar-refractivity contribution in [3.8, 4) is 0 Å². The van der Waals surface area contributed by atoms with E-state index >= 15 is 0 Å². The van der Waals surface area contributed by atoms with Gasteiger partial charge in [0.05, 0.1) is 0 Å². The number of carbonyl (C=O) groups is 1. The Hall–Kier alpha value is -1.58. The van der Waals surface area contributed by atoms with E-state index in [9.17, 15) is 4.79 Å². The fourth-order valence-corrected chi connectivity index (χ4v) is 1.93. The van der Waals surface area contributed by atoms with E-state index in [1.165, 1.54) is 42.2 Å². The van der Waals surface area contributed by atoms with E-state index in [1.807, 2.05) is 0 Å². The van der Waals surface area contributed by atoms with Gasteiger partial charge < -0.3 is 5.32 Å². The van der Waals surface area contributed by atoms with Crippen LogP contribution in [-0.2, 0) is 0 Å². The van der Waals surface area contributed by atoms with E-state index in [1.54, 1.807) is 12.4 Å². The minimum absolute atomic E-state index is 0.103. The first-order valence-electron chi connectivity index (χ1n) is 5.80. The molecule has 4 nitrogen and oxygen atoms in total. The number of imidazole rings is 1. The van der Waals surface area contributed by atoms with Crippen LogP contribution in [0.5, 0.6) is 0 Å². The van der Waals surface area contributed by atoms with Crippen molar-refractivity contribution in [1.29, 1.82) is 0 Å². The van der Waals surface area contributed by atoms with Gasteiger partial charge in [-0.25, -0.2) is 9.78 Å². The lowest BCUT2D eigenvalue weighted by Gasteiger charge is -2.12. The molecule has 0 radical (unpaired) electrons. The lowest BCUT2D eigenvalue weighted by atomic mass is 9.97. The van der Waals surface area contributed by atoms with Crippen LogP contribution in [0.4, 0.5) is 4.79 Å². The second-order valence-electron chi connectivity index (χ2n) is 4.06. The predicted molar refractivity (Wildman–Crippen MR) is 62.2 cm³/mol. The number of carbonyl (C=O) groups excluding carboxylic acids is 1. The Balaban J connectivity index is 1.72. The lowest BCUT2D eigenvalue weighted by molar-refractivity contribution is 0.242. The van der Waals surface area contributed by atoms with Gasteiger partial charge in [0, 0.05) is 18.9 Å². The number of aromatic nitrogens is 2. The second kappa shape index (κ2) is 5.49. The maximum Gasteiger partial charge on any atom is 0.326 e. The number of hydrogen-bond donors (Lipinski definition) is 1. The van der Waals surface area contributed by atoms with Crippen LogP contribution < -0.4 is 5.32 Å². The van der Waals surface area contributed by atoms with Gasteiger partial charge in [0.2, 0.25) is 0 Å². The third-order valence-corrected chi connectivity index (χ3v) is 2.85. The molecule has 4 heteroatoms. The van der Waals surface area contributed by atoms with Gasteiger partial charge in [-0.3, -0.25) is 4.57 Å². The molecule has 86 valence electrons. The molecule has 0 unspecified atom stereocenters. The summed E-state index contributed by atoms with van der Waals surface area (Å²) in [6.07, 6.45) is 13.0. The monoisotopic (exact) mass is 219 g/mol. The summed E-state index contributed by atoms with van der Waals surface area (Å²) in [5.74, 6) is 0. The number of hydrogen-bond acceptors (Lipinski definition) is 2. The Morgan fingerprint density at radius 1 is 1.50 bits per heavy atom. The molecule has 0 spiro atoms. The average molecular weight is 219 g/mol. The molecule has 1 amide bonds. The summed E-state index contributed by atoms with van der Waals surface area (Å²) in [4.78, 5) is 15.4. The largest absolute Gasteiger partial charge is 0.337 e. The molecule has 0 saturated carbocycles. The molecule has 0 aromatic carbocycles. The standard InChI is InChI=1S/C12H17N3O/c16-12(15-9-8-13-10-15)14-7-6-11-4-2-1-3-5-11/h4,8-10H,1-3,5-7H2,(H,14,16). The minimum atomic E-state index is -0.103. The Morgan fingerprint density at radius 2 is 2.44 bits per heavy atom. The number of amides is 1. The first-order valence-corrected chi connectivity index (χ1v) is 5.80. The van der Waals surface area contributed by atoms with Crippen molar-refractivity contribution in [2.24, 2.45) is 0 Å². The van der Waals surface area contributed by atoms with Crippen molar-refractivity contribution in [2.45, 2.75) is 32.1 Å². The Labute approximate surface area is 95.4 Å². The number of nitrogens with zero attached hydrogens (tertiary/aromatic N) is 2. The fraction of sp³-hybridized carbons (Fsp3) is 0.500. The number of rotatable bonds is 3. The zero-order valence-electron chi connectivity index (χ0n) is 9.35. The van der Waals surface area contributed by atoms with Gasteiger partial charge in [-0.05, 0) is 32.1 Å². The average Bonchev–Trinajstić information content (AvgIpc) is 2.84. The highest BCUT2D eigenvalue weighted by Crippen LogP contribution is 2.19. The summed E-state index contributed by atoms with van der Waals surface area (Å²) in [6, 6.07) is -0.103. The van der Waals surface area contributed by atoms with E-state index in [-0.39, 0.29) is 6.03 Å². The van der Waals surface area contributed by atoms with Gasteiger partial charge in [0.25, 0.3) is 0 Å². The predicted octanol–water partition coefficient (Wildman–Crippen LogP) is 2.33. The molecule has 2 rings (SSSR count). The molecule has 0 fully saturated rings. The fourth-order valence-electron chi connectivity index (χ4n) is 1.93. The van der Waals surface area contributed by atoms with Crippen molar-refractivity contribution >= 4 is 6.03 Å². The van der Waals surface area contributed by atoms with Gasteiger partial charge in [0.15, 0.2) is 0 Å². The maximum absolute atomic E-state index is 11.5. The Kier molecular flexibility index (Phi) is 3.75. The maximum atomic E-state index is 11.5. The van der Waals surface area contributed by atoms with Crippen molar-refractivity contribution in [3.05, 3.63) is 30.4 Å².